The van der Waals surface area contributed by atoms with Crippen molar-refractivity contribution in [3.63, 3.8) is 0 Å². The zero-order valence-electron chi connectivity index (χ0n) is 12.3. The van der Waals surface area contributed by atoms with Gasteiger partial charge in [-0.1, -0.05) is 0 Å². The molecule has 1 fully saturated rings. The second kappa shape index (κ2) is 5.72. The quantitative estimate of drug-likeness (QED) is 0.726. The Balaban J connectivity index is 1.90. The average Bonchev–Trinajstić information content (AvgIpc) is 2.94. The smallest absolute Gasteiger partial charge is 0.315 e. The zero-order valence-corrected chi connectivity index (χ0v) is 12.3. The van der Waals surface area contributed by atoms with Crippen LogP contribution in [0.1, 0.15) is 18.2 Å². The number of hydrogen-bond acceptors (Lipinski definition) is 4. The minimum atomic E-state index is -1.10. The van der Waals surface area contributed by atoms with Gasteiger partial charge in [0, 0.05) is 24.8 Å². The molecule has 2 unspecified atom stereocenters. The van der Waals surface area contributed by atoms with E-state index in [1.54, 1.807) is 17.8 Å². The second-order valence-corrected chi connectivity index (χ2v) is 5.50. The number of carbonyl (C=O) groups excluding carboxylic acids is 1. The summed E-state index contributed by atoms with van der Waals surface area (Å²) in [5, 5.41) is 18.7. The average molecular weight is 296 g/mol. The van der Waals surface area contributed by atoms with Crippen LogP contribution in [-0.4, -0.2) is 46.1 Å². The maximum atomic E-state index is 11.9. The Morgan fingerprint density at radius 2 is 2.33 bits per heavy atom. The van der Waals surface area contributed by atoms with Crippen molar-refractivity contribution >= 4 is 12.0 Å². The Labute approximate surface area is 122 Å². The van der Waals surface area contributed by atoms with Crippen molar-refractivity contribution in [1.29, 1.82) is 0 Å². The monoisotopic (exact) mass is 296 g/mol. The van der Waals surface area contributed by atoms with Crippen LogP contribution in [0.4, 0.5) is 4.79 Å². The van der Waals surface area contributed by atoms with Gasteiger partial charge in [-0.25, -0.2) is 4.79 Å². The lowest BCUT2D eigenvalue weighted by molar-refractivity contribution is -0.148. The topological polar surface area (TPSA) is 105 Å². The summed E-state index contributed by atoms with van der Waals surface area (Å²) in [6.07, 6.45) is 1.69. The number of aromatic nitrogens is 2. The molecule has 2 rings (SSSR count). The number of nitrogens with zero attached hydrogens (tertiary/aromatic N) is 2. The second-order valence-electron chi connectivity index (χ2n) is 5.50. The van der Waals surface area contributed by atoms with E-state index in [9.17, 15) is 14.7 Å². The third kappa shape index (κ3) is 2.99. The minimum Gasteiger partial charge on any atom is -0.481 e. The molecule has 1 aliphatic rings. The number of aliphatic carboxylic acids is 1. The lowest BCUT2D eigenvalue weighted by Crippen LogP contribution is -2.52. The van der Waals surface area contributed by atoms with E-state index in [4.69, 9.17) is 4.74 Å². The maximum Gasteiger partial charge on any atom is 0.315 e. The zero-order chi connectivity index (χ0) is 15.6. The molecular weight excluding hydrogens is 276 g/mol. The molecule has 0 bridgehead atoms. The molecule has 2 amide bonds. The van der Waals surface area contributed by atoms with E-state index >= 15 is 0 Å². The van der Waals surface area contributed by atoms with Gasteiger partial charge in [0.2, 0.25) is 0 Å². The number of ether oxygens (including phenoxy) is 1. The van der Waals surface area contributed by atoms with E-state index in [2.05, 4.69) is 15.7 Å². The maximum absolute atomic E-state index is 11.9. The van der Waals surface area contributed by atoms with Crippen molar-refractivity contribution in [2.45, 2.75) is 26.4 Å². The van der Waals surface area contributed by atoms with Crippen LogP contribution in [0.15, 0.2) is 6.20 Å². The highest BCUT2D eigenvalue weighted by atomic mass is 16.5. The van der Waals surface area contributed by atoms with Crippen LogP contribution in [0, 0.1) is 12.3 Å². The molecule has 21 heavy (non-hydrogen) atoms. The fourth-order valence-electron chi connectivity index (χ4n) is 2.19. The van der Waals surface area contributed by atoms with Gasteiger partial charge in [0.25, 0.3) is 0 Å². The number of rotatable bonds is 4. The number of hydrogen-bond donors (Lipinski definition) is 3. The van der Waals surface area contributed by atoms with Gasteiger partial charge in [-0.3, -0.25) is 9.48 Å². The lowest BCUT2D eigenvalue weighted by Gasteiger charge is -2.25. The van der Waals surface area contributed by atoms with Crippen molar-refractivity contribution in [2.75, 3.05) is 13.2 Å². The van der Waals surface area contributed by atoms with Crippen LogP contribution >= 0.6 is 0 Å². The van der Waals surface area contributed by atoms with Crippen LogP contribution < -0.4 is 10.6 Å². The molecule has 1 aromatic heterocycles. The normalized spacial score (nSPS) is 24.8. The highest BCUT2D eigenvalue weighted by Gasteiger charge is 2.47. The molecule has 3 N–H and O–H groups in total. The Morgan fingerprint density at radius 1 is 1.62 bits per heavy atom. The number of aryl methyl sites for hydroxylation is 1. The first kappa shape index (κ1) is 15.3. The summed E-state index contributed by atoms with van der Waals surface area (Å²) in [7, 11) is 1.83. The highest BCUT2D eigenvalue weighted by Crippen LogP contribution is 2.28. The first-order valence-corrected chi connectivity index (χ1v) is 6.67. The predicted octanol–water partition coefficient (Wildman–Crippen LogP) is 0.0174. The number of carbonyl (C=O) groups is 2. The first-order valence-electron chi connectivity index (χ1n) is 6.67. The molecule has 1 aromatic rings. The molecule has 0 aromatic carbocycles. The molecule has 0 saturated carbocycles. The van der Waals surface area contributed by atoms with Gasteiger partial charge in [-0.05, 0) is 13.8 Å². The van der Waals surface area contributed by atoms with Gasteiger partial charge >= 0.3 is 12.0 Å². The lowest BCUT2D eigenvalue weighted by atomic mass is 9.85. The number of nitrogens with one attached hydrogen (secondary N) is 2. The van der Waals surface area contributed by atoms with Crippen LogP contribution in [0.25, 0.3) is 0 Å². The summed E-state index contributed by atoms with van der Waals surface area (Å²) in [6, 6.07) is -0.966. The molecule has 8 heteroatoms. The number of carboxylic acid groups (broad SMARTS) is 1. The van der Waals surface area contributed by atoms with Gasteiger partial charge in [-0.15, -0.1) is 0 Å². The Hall–Kier alpha value is -2.09. The van der Waals surface area contributed by atoms with Gasteiger partial charge in [-0.2, -0.15) is 5.10 Å². The number of amides is 2. The fourth-order valence-corrected chi connectivity index (χ4v) is 2.19. The van der Waals surface area contributed by atoms with Gasteiger partial charge in [0.05, 0.1) is 25.5 Å². The molecule has 1 aliphatic heterocycles. The Bertz CT molecular complexity index is 556. The summed E-state index contributed by atoms with van der Waals surface area (Å²) in [6.45, 7) is 4.10. The summed E-state index contributed by atoms with van der Waals surface area (Å²) >= 11 is 0. The fraction of sp³-hybridized carbons (Fsp3) is 0.615. The summed E-state index contributed by atoms with van der Waals surface area (Å²) < 4.78 is 6.91. The summed E-state index contributed by atoms with van der Waals surface area (Å²) in [5.74, 6) is -0.978. The van der Waals surface area contributed by atoms with Crippen molar-refractivity contribution in [3.05, 3.63) is 17.5 Å². The standard InChI is InChI=1S/C13H20N4O4/c1-8-9(5-15-17(8)3)4-14-12(20)16-10-6-21-7-13(10,2)11(18)19/h5,10H,4,6-7H2,1-3H3,(H,18,19)(H2,14,16,20). The predicted molar refractivity (Wildman–Crippen MR) is 73.7 cm³/mol. The molecule has 116 valence electrons. The Morgan fingerprint density at radius 3 is 2.90 bits per heavy atom. The van der Waals surface area contributed by atoms with Crippen LogP contribution in [0.3, 0.4) is 0 Å². The van der Waals surface area contributed by atoms with E-state index in [0.717, 1.165) is 11.3 Å². The third-order valence-corrected chi connectivity index (χ3v) is 4.03. The molecule has 0 spiro atoms. The van der Waals surface area contributed by atoms with Crippen molar-refractivity contribution in [1.82, 2.24) is 20.4 Å². The van der Waals surface area contributed by atoms with Crippen molar-refractivity contribution < 1.29 is 19.4 Å². The molecule has 8 nitrogen and oxygen atoms in total. The van der Waals surface area contributed by atoms with E-state index in [0.29, 0.717) is 6.54 Å². The van der Waals surface area contributed by atoms with Crippen molar-refractivity contribution in [3.8, 4) is 0 Å². The molecule has 0 aliphatic carbocycles. The number of urea groups is 1. The first-order chi connectivity index (χ1) is 9.84. The summed E-state index contributed by atoms with van der Waals surface area (Å²) in [5.41, 5.74) is 0.785. The van der Waals surface area contributed by atoms with E-state index in [1.807, 2.05) is 14.0 Å². The molecule has 1 saturated heterocycles. The minimum absolute atomic E-state index is 0.0923. The van der Waals surface area contributed by atoms with Crippen LogP contribution in [0.5, 0.6) is 0 Å². The van der Waals surface area contributed by atoms with E-state index in [-0.39, 0.29) is 13.2 Å². The molecule has 2 atom stereocenters. The van der Waals surface area contributed by atoms with E-state index in [1.165, 1.54) is 0 Å². The highest BCUT2D eigenvalue weighted by molar-refractivity contribution is 5.79. The Kier molecular flexibility index (Phi) is 4.17. The van der Waals surface area contributed by atoms with Gasteiger partial charge in [0.15, 0.2) is 0 Å². The van der Waals surface area contributed by atoms with Crippen LogP contribution in [0.2, 0.25) is 0 Å². The van der Waals surface area contributed by atoms with Gasteiger partial charge < -0.3 is 20.5 Å². The van der Waals surface area contributed by atoms with Gasteiger partial charge in [0.1, 0.15) is 5.41 Å². The van der Waals surface area contributed by atoms with Crippen molar-refractivity contribution in [2.24, 2.45) is 12.5 Å². The summed E-state index contributed by atoms with van der Waals surface area (Å²) in [4.78, 5) is 23.2. The molecular formula is C13H20N4O4. The van der Waals surface area contributed by atoms with Crippen LogP contribution in [-0.2, 0) is 23.1 Å². The molecule has 0 radical (unpaired) electrons. The van der Waals surface area contributed by atoms with E-state index < -0.39 is 23.5 Å². The largest absolute Gasteiger partial charge is 0.481 e. The molecule has 2 heterocycles. The third-order valence-electron chi connectivity index (χ3n) is 4.03. The SMILES string of the molecule is Cc1c(CNC(=O)NC2COCC2(C)C(=O)O)cnn1C. The number of carboxylic acids is 1.